The largest absolute Gasteiger partial charge is 0.391 e. The van der Waals surface area contributed by atoms with E-state index in [9.17, 15) is 0 Å². The maximum absolute atomic E-state index is 5.50. The summed E-state index contributed by atoms with van der Waals surface area (Å²) >= 11 is 3.90. The fourth-order valence-corrected chi connectivity index (χ4v) is 8.25. The summed E-state index contributed by atoms with van der Waals surface area (Å²) in [7, 11) is 4.30. The van der Waals surface area contributed by atoms with E-state index in [1.165, 1.54) is 61.6 Å². The van der Waals surface area contributed by atoms with E-state index in [1.807, 2.05) is 0 Å². The fraction of sp³-hybridized carbons (Fsp3) is 0.213. The molecule has 2 unspecified atom stereocenters. The Labute approximate surface area is 321 Å². The molecule has 266 valence electrons. The molecule has 5 aromatic carbocycles. The Hall–Kier alpha value is -5.33. The Balaban J connectivity index is 1.16. The zero-order valence-electron chi connectivity index (χ0n) is 30.9. The first-order chi connectivity index (χ1) is 25.8. The first-order valence-corrected chi connectivity index (χ1v) is 19.4. The number of para-hydroxylation sites is 2. The molecule has 1 N–H and O–H groups in total. The zero-order chi connectivity index (χ0) is 36.5. The molecule has 0 radical (unpaired) electrons. The minimum absolute atomic E-state index is 0.0259. The number of amidine groups is 1. The first kappa shape index (κ1) is 34.7. The molecule has 53 heavy (non-hydrogen) atoms. The van der Waals surface area contributed by atoms with Gasteiger partial charge in [-0.25, -0.2) is 0 Å². The van der Waals surface area contributed by atoms with Crippen LogP contribution >= 0.6 is 15.9 Å². The van der Waals surface area contributed by atoms with Gasteiger partial charge in [0.2, 0.25) is 0 Å². The Bertz CT molecular complexity index is 2340. The van der Waals surface area contributed by atoms with Crippen molar-refractivity contribution in [1.82, 2.24) is 19.7 Å². The van der Waals surface area contributed by atoms with E-state index in [4.69, 9.17) is 4.99 Å². The van der Waals surface area contributed by atoms with Crippen molar-refractivity contribution in [2.24, 2.45) is 4.99 Å². The van der Waals surface area contributed by atoms with Gasteiger partial charge in [-0.3, -0.25) is 4.99 Å². The van der Waals surface area contributed by atoms with Crippen LogP contribution in [0, 0.1) is 0 Å². The third-order valence-electron chi connectivity index (χ3n) is 10.8. The van der Waals surface area contributed by atoms with Gasteiger partial charge in [0.25, 0.3) is 0 Å². The standard InChI is InChI=1S/C47H46BrN5/c1-32(34-17-19-35(20-18-34)38-11-9-25-49-30-38)50-47(37-23-21-36(22-24-37)39-12-10-26-51(3)31-39)52(4)33(2)40-27-41(48)29-42(28-40)53-45-15-7-5-13-43(45)44-14-6-8-16-46(44)53/h5-8,10,12-24,26-30,32-33,49H,9,11,25,31H2,1-4H3. The Kier molecular flexibility index (Phi) is 9.80. The van der Waals surface area contributed by atoms with E-state index in [0.717, 1.165) is 41.1 Å². The topological polar surface area (TPSA) is 35.8 Å². The molecule has 0 aliphatic carbocycles. The third-order valence-corrected chi connectivity index (χ3v) is 11.3. The molecule has 2 aliphatic heterocycles. The Morgan fingerprint density at radius 2 is 1.45 bits per heavy atom. The summed E-state index contributed by atoms with van der Waals surface area (Å²) in [6.07, 6.45) is 10.9. The van der Waals surface area contributed by atoms with Crippen molar-refractivity contribution in [2.45, 2.75) is 38.8 Å². The highest BCUT2D eigenvalue weighted by Crippen LogP contribution is 2.35. The van der Waals surface area contributed by atoms with Crippen molar-refractivity contribution in [3.63, 3.8) is 0 Å². The number of allylic oxidation sites excluding steroid dienone is 3. The van der Waals surface area contributed by atoms with E-state index in [1.54, 1.807) is 0 Å². The highest BCUT2D eigenvalue weighted by atomic mass is 79.9. The number of halogens is 1. The zero-order valence-corrected chi connectivity index (χ0v) is 32.5. The van der Waals surface area contributed by atoms with Gasteiger partial charge in [-0.05, 0) is 103 Å². The molecule has 0 saturated carbocycles. The van der Waals surface area contributed by atoms with Crippen LogP contribution in [0.3, 0.4) is 0 Å². The molecule has 2 atom stereocenters. The van der Waals surface area contributed by atoms with Gasteiger partial charge in [0.15, 0.2) is 0 Å². The van der Waals surface area contributed by atoms with Crippen LogP contribution in [0.1, 0.15) is 66.6 Å². The fourth-order valence-electron chi connectivity index (χ4n) is 7.75. The van der Waals surface area contributed by atoms with E-state index >= 15 is 0 Å². The van der Waals surface area contributed by atoms with Gasteiger partial charge in [-0.2, -0.15) is 0 Å². The second-order valence-electron chi connectivity index (χ2n) is 14.4. The summed E-state index contributed by atoms with van der Waals surface area (Å²) < 4.78 is 3.43. The van der Waals surface area contributed by atoms with Crippen molar-refractivity contribution >= 4 is 54.7 Å². The van der Waals surface area contributed by atoms with Crippen LogP contribution in [0.2, 0.25) is 0 Å². The summed E-state index contributed by atoms with van der Waals surface area (Å²) in [4.78, 5) is 10.1. The number of nitrogens with one attached hydrogen (secondary N) is 1. The average Bonchev–Trinajstić information content (AvgIpc) is 3.54. The summed E-state index contributed by atoms with van der Waals surface area (Å²) in [5.74, 6) is 0.966. The van der Waals surface area contributed by atoms with Gasteiger partial charge < -0.3 is 19.7 Å². The second-order valence-corrected chi connectivity index (χ2v) is 15.3. The first-order valence-electron chi connectivity index (χ1n) is 18.6. The van der Waals surface area contributed by atoms with Crippen LogP contribution in [-0.4, -0.2) is 47.4 Å². The molecule has 0 fully saturated rings. The Morgan fingerprint density at radius 1 is 0.792 bits per heavy atom. The molecule has 3 heterocycles. The number of hydrogen-bond acceptors (Lipinski definition) is 3. The summed E-state index contributed by atoms with van der Waals surface area (Å²) in [6, 6.07) is 42.1. The molecule has 0 amide bonds. The predicted octanol–water partition coefficient (Wildman–Crippen LogP) is 11.3. The Morgan fingerprint density at radius 3 is 2.11 bits per heavy atom. The lowest BCUT2D eigenvalue weighted by molar-refractivity contribution is 0.400. The van der Waals surface area contributed by atoms with Gasteiger partial charge >= 0.3 is 0 Å². The van der Waals surface area contributed by atoms with Gasteiger partial charge in [-0.15, -0.1) is 0 Å². The molecule has 6 heteroatoms. The lowest BCUT2D eigenvalue weighted by atomic mass is 9.97. The molecule has 2 aliphatic rings. The molecule has 0 spiro atoms. The molecule has 8 rings (SSSR count). The third kappa shape index (κ3) is 7.08. The number of fused-ring (bicyclic) bond motifs is 3. The number of benzene rings is 5. The summed E-state index contributed by atoms with van der Waals surface area (Å²) in [5.41, 5.74) is 12.2. The van der Waals surface area contributed by atoms with Crippen molar-refractivity contribution in [1.29, 1.82) is 0 Å². The molecular weight excluding hydrogens is 714 g/mol. The van der Waals surface area contributed by atoms with Gasteiger partial charge in [0.05, 0.1) is 23.1 Å². The lowest BCUT2D eigenvalue weighted by Crippen LogP contribution is -2.31. The van der Waals surface area contributed by atoms with Crippen LogP contribution in [-0.2, 0) is 0 Å². The van der Waals surface area contributed by atoms with Crippen molar-refractivity contribution in [2.75, 3.05) is 27.2 Å². The summed E-state index contributed by atoms with van der Waals surface area (Å²) in [5, 5.41) is 5.92. The number of aliphatic imine (C=N–C) groups is 1. The molecule has 1 aromatic heterocycles. The smallest absolute Gasteiger partial charge is 0.131 e. The molecular formula is C47H46BrN5. The second kappa shape index (κ2) is 15.0. The van der Waals surface area contributed by atoms with Gasteiger partial charge in [-0.1, -0.05) is 107 Å². The lowest BCUT2D eigenvalue weighted by Gasteiger charge is -2.30. The minimum Gasteiger partial charge on any atom is -0.391 e. The van der Waals surface area contributed by atoms with Crippen molar-refractivity contribution in [3.8, 4) is 5.69 Å². The SMILES string of the molecule is CC(N=C(c1ccc(C2=CC=CN(C)C2)cc1)N(C)C(C)c1cc(Br)cc(-n2c3ccccc3c3ccccc32)c1)c1ccc(C2=CNCCC2)cc1. The highest BCUT2D eigenvalue weighted by molar-refractivity contribution is 9.10. The molecule has 0 saturated heterocycles. The van der Waals surface area contributed by atoms with Gasteiger partial charge in [0, 0.05) is 59.9 Å². The van der Waals surface area contributed by atoms with Crippen LogP contribution in [0.4, 0.5) is 0 Å². The summed E-state index contributed by atoms with van der Waals surface area (Å²) in [6.45, 7) is 6.43. The quantitative estimate of drug-likeness (QED) is 0.124. The monoisotopic (exact) mass is 759 g/mol. The van der Waals surface area contributed by atoms with E-state index < -0.39 is 0 Å². The van der Waals surface area contributed by atoms with Crippen molar-refractivity contribution in [3.05, 3.63) is 172 Å². The molecule has 6 aromatic rings. The number of rotatable bonds is 8. The van der Waals surface area contributed by atoms with E-state index in [-0.39, 0.29) is 12.1 Å². The van der Waals surface area contributed by atoms with E-state index in [2.05, 4.69) is 203 Å². The number of nitrogens with zero attached hydrogens (tertiary/aromatic N) is 4. The number of likely N-dealkylation sites (N-methyl/N-ethyl adjacent to an activating group) is 1. The van der Waals surface area contributed by atoms with Crippen LogP contribution in [0.15, 0.2) is 149 Å². The van der Waals surface area contributed by atoms with Gasteiger partial charge in [0.1, 0.15) is 5.84 Å². The van der Waals surface area contributed by atoms with Crippen LogP contribution in [0.25, 0.3) is 38.6 Å². The molecule has 5 nitrogen and oxygen atoms in total. The maximum atomic E-state index is 5.50. The van der Waals surface area contributed by atoms with Crippen molar-refractivity contribution < 1.29 is 0 Å². The van der Waals surface area contributed by atoms with Crippen LogP contribution in [0.5, 0.6) is 0 Å². The van der Waals surface area contributed by atoms with Crippen LogP contribution < -0.4 is 5.32 Å². The molecule has 0 bridgehead atoms. The predicted molar refractivity (Wildman–Crippen MR) is 227 cm³/mol. The van der Waals surface area contributed by atoms with E-state index in [0.29, 0.717) is 0 Å². The number of aromatic nitrogens is 1. The maximum Gasteiger partial charge on any atom is 0.131 e. The number of hydrogen-bond donors (Lipinski definition) is 1. The highest BCUT2D eigenvalue weighted by Gasteiger charge is 2.22. The normalized spacial score (nSPS) is 15.9. The minimum atomic E-state index is -0.0395. The average molecular weight is 761 g/mol.